The number of carbonyl (C=O) groups excluding carboxylic acids is 1. The average molecular weight is 488 g/mol. The third-order valence-electron chi connectivity index (χ3n) is 7.38. The SMILES string of the molecule is CC(C)NC(=O)C1CCN(c2nc(-c3cc(NC4CCCCC4)ncc3N)cc3cnccc23)CC1. The first-order valence-corrected chi connectivity index (χ1v) is 13.3. The molecule has 2 fully saturated rings. The number of nitrogen functional groups attached to an aromatic ring is 1. The molecule has 190 valence electrons. The highest BCUT2D eigenvalue weighted by Gasteiger charge is 2.27. The van der Waals surface area contributed by atoms with Crippen LogP contribution in [0.25, 0.3) is 22.0 Å². The summed E-state index contributed by atoms with van der Waals surface area (Å²) in [5, 5.41) is 8.75. The number of nitrogens with one attached hydrogen (secondary N) is 2. The molecule has 36 heavy (non-hydrogen) atoms. The molecule has 0 aromatic carbocycles. The second-order valence-electron chi connectivity index (χ2n) is 10.5. The molecular formula is C28H37N7O. The maximum Gasteiger partial charge on any atom is 0.223 e. The van der Waals surface area contributed by atoms with Gasteiger partial charge in [0.1, 0.15) is 11.6 Å². The minimum absolute atomic E-state index is 0.0454. The smallest absolute Gasteiger partial charge is 0.223 e. The molecule has 2 aliphatic rings. The summed E-state index contributed by atoms with van der Waals surface area (Å²) in [7, 11) is 0. The maximum absolute atomic E-state index is 12.5. The van der Waals surface area contributed by atoms with Gasteiger partial charge in [-0.15, -0.1) is 0 Å². The van der Waals surface area contributed by atoms with Crippen LogP contribution < -0.4 is 21.3 Å². The van der Waals surface area contributed by atoms with Crippen molar-refractivity contribution in [1.29, 1.82) is 0 Å². The number of piperidine rings is 1. The maximum atomic E-state index is 12.5. The van der Waals surface area contributed by atoms with Crippen molar-refractivity contribution in [3.63, 3.8) is 0 Å². The Labute approximate surface area is 213 Å². The molecule has 1 saturated heterocycles. The minimum Gasteiger partial charge on any atom is -0.397 e. The normalized spacial score (nSPS) is 17.5. The summed E-state index contributed by atoms with van der Waals surface area (Å²) in [4.78, 5) is 28.9. The van der Waals surface area contributed by atoms with Gasteiger partial charge < -0.3 is 21.3 Å². The summed E-state index contributed by atoms with van der Waals surface area (Å²) < 4.78 is 0. The van der Waals surface area contributed by atoms with Crippen molar-refractivity contribution < 1.29 is 4.79 Å². The van der Waals surface area contributed by atoms with Gasteiger partial charge in [0.05, 0.1) is 17.6 Å². The van der Waals surface area contributed by atoms with Gasteiger partial charge in [0.15, 0.2) is 0 Å². The Hall–Kier alpha value is -3.42. The van der Waals surface area contributed by atoms with E-state index in [0.717, 1.165) is 59.6 Å². The van der Waals surface area contributed by atoms with Gasteiger partial charge in [-0.3, -0.25) is 9.78 Å². The third kappa shape index (κ3) is 5.37. The van der Waals surface area contributed by atoms with Crippen molar-refractivity contribution in [2.24, 2.45) is 5.92 Å². The van der Waals surface area contributed by atoms with E-state index in [9.17, 15) is 4.79 Å². The number of hydrogen-bond donors (Lipinski definition) is 3. The van der Waals surface area contributed by atoms with Gasteiger partial charge in [-0.1, -0.05) is 19.3 Å². The van der Waals surface area contributed by atoms with E-state index < -0.39 is 0 Å². The molecule has 4 heterocycles. The lowest BCUT2D eigenvalue weighted by molar-refractivity contribution is -0.126. The molecule has 3 aromatic heterocycles. The number of aromatic nitrogens is 3. The van der Waals surface area contributed by atoms with Crippen LogP contribution in [0.1, 0.15) is 58.8 Å². The number of rotatable bonds is 6. The first-order chi connectivity index (χ1) is 17.5. The van der Waals surface area contributed by atoms with Crippen molar-refractivity contribution in [3.05, 3.63) is 36.8 Å². The summed E-state index contributed by atoms with van der Waals surface area (Å²) in [6.07, 6.45) is 13.2. The molecule has 0 spiro atoms. The minimum atomic E-state index is 0.0454. The van der Waals surface area contributed by atoms with E-state index in [1.807, 2.05) is 38.4 Å². The topological polar surface area (TPSA) is 109 Å². The van der Waals surface area contributed by atoms with Crippen LogP contribution in [0.3, 0.4) is 0 Å². The number of nitrogens with two attached hydrogens (primary N) is 1. The van der Waals surface area contributed by atoms with Crippen LogP contribution in [0.5, 0.6) is 0 Å². The third-order valence-corrected chi connectivity index (χ3v) is 7.38. The van der Waals surface area contributed by atoms with Crippen LogP contribution in [0.4, 0.5) is 17.3 Å². The van der Waals surface area contributed by atoms with Crippen LogP contribution in [0.2, 0.25) is 0 Å². The molecule has 4 N–H and O–H groups in total. The highest BCUT2D eigenvalue weighted by atomic mass is 16.1. The molecule has 8 heteroatoms. The largest absolute Gasteiger partial charge is 0.397 e. The standard InChI is InChI=1S/C28H37N7O/c1-18(2)32-28(36)19-9-12-35(13-10-19)27-22-8-11-30-16-20(22)14-25(34-27)23-15-26(31-17-24(23)29)33-21-6-4-3-5-7-21/h8,11,14-19,21H,3-7,9-10,12-13,29H2,1-2H3,(H,31,33)(H,32,36). The zero-order valence-corrected chi connectivity index (χ0v) is 21.3. The van der Waals surface area contributed by atoms with Crippen molar-refractivity contribution in [3.8, 4) is 11.3 Å². The monoisotopic (exact) mass is 487 g/mol. The summed E-state index contributed by atoms with van der Waals surface area (Å²) in [5.41, 5.74) is 8.71. The average Bonchev–Trinajstić information content (AvgIpc) is 2.89. The van der Waals surface area contributed by atoms with Crippen molar-refractivity contribution >= 4 is 34.0 Å². The Balaban J connectivity index is 1.43. The number of hydrogen-bond acceptors (Lipinski definition) is 7. The van der Waals surface area contributed by atoms with E-state index in [1.165, 1.54) is 32.1 Å². The van der Waals surface area contributed by atoms with Crippen LogP contribution in [-0.2, 0) is 4.79 Å². The summed E-state index contributed by atoms with van der Waals surface area (Å²) in [6, 6.07) is 6.73. The molecule has 0 atom stereocenters. The number of anilines is 3. The molecule has 0 radical (unpaired) electrons. The fourth-order valence-electron chi connectivity index (χ4n) is 5.44. The lowest BCUT2D eigenvalue weighted by Crippen LogP contribution is -2.42. The number of nitrogens with zero attached hydrogens (tertiary/aromatic N) is 4. The summed E-state index contributed by atoms with van der Waals surface area (Å²) in [5.74, 6) is 1.97. The number of pyridine rings is 3. The fourth-order valence-corrected chi connectivity index (χ4v) is 5.44. The Morgan fingerprint density at radius 1 is 1.08 bits per heavy atom. The zero-order valence-electron chi connectivity index (χ0n) is 21.3. The molecular weight excluding hydrogens is 450 g/mol. The van der Waals surface area contributed by atoms with Crippen LogP contribution in [0, 0.1) is 5.92 Å². The predicted molar refractivity (Wildman–Crippen MR) is 146 cm³/mol. The van der Waals surface area contributed by atoms with E-state index in [-0.39, 0.29) is 17.9 Å². The van der Waals surface area contributed by atoms with Crippen molar-refractivity contribution in [2.75, 3.05) is 29.0 Å². The molecule has 1 saturated carbocycles. The zero-order chi connectivity index (χ0) is 25.1. The first kappa shape index (κ1) is 24.3. The van der Waals surface area contributed by atoms with Crippen LogP contribution >= 0.6 is 0 Å². The molecule has 3 aromatic rings. The van der Waals surface area contributed by atoms with E-state index in [0.29, 0.717) is 11.7 Å². The molecule has 0 unspecified atom stereocenters. The molecule has 1 aliphatic heterocycles. The van der Waals surface area contributed by atoms with E-state index in [2.05, 4.69) is 31.6 Å². The highest BCUT2D eigenvalue weighted by Crippen LogP contribution is 2.35. The summed E-state index contributed by atoms with van der Waals surface area (Å²) in [6.45, 7) is 5.57. The van der Waals surface area contributed by atoms with Crippen LogP contribution in [0.15, 0.2) is 36.8 Å². The first-order valence-electron chi connectivity index (χ1n) is 13.3. The van der Waals surface area contributed by atoms with E-state index in [1.54, 1.807) is 6.20 Å². The number of carbonyl (C=O) groups is 1. The highest BCUT2D eigenvalue weighted by molar-refractivity contribution is 5.95. The lowest BCUT2D eigenvalue weighted by Gasteiger charge is -2.33. The Morgan fingerprint density at radius 2 is 1.86 bits per heavy atom. The van der Waals surface area contributed by atoms with Gasteiger partial charge in [-0.25, -0.2) is 9.97 Å². The second-order valence-corrected chi connectivity index (χ2v) is 10.5. The Bertz CT molecular complexity index is 1210. The van der Waals surface area contributed by atoms with Crippen molar-refractivity contribution in [2.45, 2.75) is 70.9 Å². The Morgan fingerprint density at radius 3 is 2.61 bits per heavy atom. The van der Waals surface area contributed by atoms with E-state index >= 15 is 0 Å². The fraction of sp³-hybridized carbons (Fsp3) is 0.500. The van der Waals surface area contributed by atoms with Gasteiger partial charge in [0, 0.05) is 59.8 Å². The molecule has 8 nitrogen and oxygen atoms in total. The Kier molecular flexibility index (Phi) is 7.20. The van der Waals surface area contributed by atoms with Gasteiger partial charge in [0.25, 0.3) is 0 Å². The van der Waals surface area contributed by atoms with Crippen LogP contribution in [-0.4, -0.2) is 46.0 Å². The number of amides is 1. The lowest BCUT2D eigenvalue weighted by atomic mass is 9.95. The molecule has 1 amide bonds. The molecule has 0 bridgehead atoms. The molecule has 5 rings (SSSR count). The quantitative estimate of drug-likeness (QED) is 0.460. The summed E-state index contributed by atoms with van der Waals surface area (Å²) >= 11 is 0. The van der Waals surface area contributed by atoms with Gasteiger partial charge in [-0.05, 0) is 57.7 Å². The van der Waals surface area contributed by atoms with Gasteiger partial charge in [-0.2, -0.15) is 0 Å². The number of fused-ring (bicyclic) bond motifs is 1. The second kappa shape index (κ2) is 10.7. The van der Waals surface area contributed by atoms with Gasteiger partial charge in [0.2, 0.25) is 5.91 Å². The van der Waals surface area contributed by atoms with Crippen molar-refractivity contribution in [1.82, 2.24) is 20.3 Å². The van der Waals surface area contributed by atoms with E-state index in [4.69, 9.17) is 10.7 Å². The molecule has 1 aliphatic carbocycles. The van der Waals surface area contributed by atoms with Gasteiger partial charge >= 0.3 is 0 Å². The predicted octanol–water partition coefficient (Wildman–Crippen LogP) is 4.76.